The Kier molecular flexibility index (Phi) is 8.45. The average Bonchev–Trinajstić information content (AvgIpc) is 3.44. The van der Waals surface area contributed by atoms with Gasteiger partial charge < -0.3 is 20.0 Å². The molecule has 0 bridgehead atoms. The summed E-state index contributed by atoms with van der Waals surface area (Å²) in [5.74, 6) is 0.123. The first-order chi connectivity index (χ1) is 16.3. The molecule has 10 nitrogen and oxygen atoms in total. The van der Waals surface area contributed by atoms with Crippen LogP contribution in [0.4, 0.5) is 13.2 Å². The summed E-state index contributed by atoms with van der Waals surface area (Å²) in [6.45, 7) is 2.91. The third kappa shape index (κ3) is 7.38. The van der Waals surface area contributed by atoms with Crippen molar-refractivity contribution in [1.29, 1.82) is 0 Å². The van der Waals surface area contributed by atoms with E-state index in [1.54, 1.807) is 0 Å². The van der Waals surface area contributed by atoms with E-state index in [0.29, 0.717) is 6.42 Å². The van der Waals surface area contributed by atoms with E-state index in [4.69, 9.17) is 20.0 Å². The molecule has 3 aromatic rings. The molecule has 0 unspecified atom stereocenters. The first-order valence-corrected chi connectivity index (χ1v) is 13.0. The van der Waals surface area contributed by atoms with E-state index in [1.165, 1.54) is 19.1 Å². The quantitative estimate of drug-likeness (QED) is 0.233. The highest BCUT2D eigenvalue weighted by molar-refractivity contribution is 7.46. The van der Waals surface area contributed by atoms with Crippen molar-refractivity contribution in [3.63, 3.8) is 0 Å². The second-order valence-electron chi connectivity index (χ2n) is 8.17. The van der Waals surface area contributed by atoms with Gasteiger partial charge in [0.25, 0.3) is 0 Å². The number of unbranched alkanes of at least 4 members (excludes halogenated alkanes) is 3. The zero-order chi connectivity index (χ0) is 25.9. The maximum Gasteiger partial charge on any atom is 0.469 e. The lowest BCUT2D eigenvalue weighted by atomic mass is 10.0. The standard InChI is InChI=1S/C20H25F3N5O5PS/c1-3-4-5-6-7-15-25-16(28-33-15)13-9-8-12(10-14(13)20(21,22)23)17-26-27-18(35-17)19(2,24)11-32-34(29,30)31/h8-10H,3-7,11,24H2,1-2H3,(H2,29,30,31)/t19-/m0/s1. The molecule has 1 atom stereocenters. The topological polar surface area (TPSA) is 157 Å². The van der Waals surface area contributed by atoms with Crippen molar-refractivity contribution in [2.24, 2.45) is 5.73 Å². The van der Waals surface area contributed by atoms with Crippen molar-refractivity contribution >= 4 is 19.2 Å². The van der Waals surface area contributed by atoms with Crippen LogP contribution < -0.4 is 5.73 Å². The average molecular weight is 535 g/mol. The second-order valence-corrected chi connectivity index (χ2v) is 10.4. The smallest absolute Gasteiger partial charge is 0.339 e. The third-order valence-electron chi connectivity index (χ3n) is 4.97. The summed E-state index contributed by atoms with van der Waals surface area (Å²) in [6, 6.07) is 3.58. The molecule has 2 heterocycles. The summed E-state index contributed by atoms with van der Waals surface area (Å²) < 4.78 is 62.2. The van der Waals surface area contributed by atoms with Crippen LogP contribution in [0.2, 0.25) is 0 Å². The number of phosphoric ester groups is 1. The Hall–Kier alpha value is -2.22. The van der Waals surface area contributed by atoms with Crippen molar-refractivity contribution in [3.8, 4) is 22.0 Å². The van der Waals surface area contributed by atoms with Gasteiger partial charge in [0.05, 0.1) is 17.7 Å². The fraction of sp³-hybridized carbons (Fsp3) is 0.500. The van der Waals surface area contributed by atoms with Crippen molar-refractivity contribution in [3.05, 3.63) is 34.7 Å². The number of phosphoric acid groups is 1. The summed E-state index contributed by atoms with van der Waals surface area (Å²) >= 11 is 0.884. The summed E-state index contributed by atoms with van der Waals surface area (Å²) in [4.78, 5) is 21.9. The molecule has 0 radical (unpaired) electrons. The van der Waals surface area contributed by atoms with Crippen LogP contribution >= 0.6 is 19.2 Å². The Labute approximate surface area is 203 Å². The van der Waals surface area contributed by atoms with E-state index in [0.717, 1.165) is 43.1 Å². The number of alkyl halides is 3. The van der Waals surface area contributed by atoms with Crippen LogP contribution in [0.3, 0.4) is 0 Å². The highest BCUT2D eigenvalue weighted by Crippen LogP contribution is 2.41. The molecular formula is C20H25F3N5O5PS. The van der Waals surface area contributed by atoms with Gasteiger partial charge in [-0.3, -0.25) is 4.52 Å². The largest absolute Gasteiger partial charge is 0.469 e. The third-order valence-corrected chi connectivity index (χ3v) is 6.69. The predicted octanol–water partition coefficient (Wildman–Crippen LogP) is 4.68. The van der Waals surface area contributed by atoms with Crippen LogP contribution in [0.25, 0.3) is 22.0 Å². The molecule has 0 fully saturated rings. The minimum atomic E-state index is -4.77. The Morgan fingerprint density at radius 3 is 2.60 bits per heavy atom. The molecule has 0 aliphatic heterocycles. The van der Waals surface area contributed by atoms with Crippen LogP contribution in [0.1, 0.15) is 56.0 Å². The molecule has 0 saturated heterocycles. The molecule has 3 rings (SSSR count). The minimum absolute atomic E-state index is 0.125. The predicted molar refractivity (Wildman–Crippen MR) is 121 cm³/mol. The van der Waals surface area contributed by atoms with Gasteiger partial charge in [0, 0.05) is 17.5 Å². The number of hydrogen-bond donors (Lipinski definition) is 3. The number of nitrogens with two attached hydrogens (primary N) is 1. The normalized spacial score (nSPS) is 14.3. The van der Waals surface area contributed by atoms with Crippen LogP contribution in [-0.4, -0.2) is 36.7 Å². The molecule has 0 amide bonds. The Balaban J connectivity index is 1.87. The van der Waals surface area contributed by atoms with Gasteiger partial charge in [-0.25, -0.2) is 4.57 Å². The monoisotopic (exact) mass is 535 g/mol. The van der Waals surface area contributed by atoms with E-state index in [2.05, 4.69) is 31.8 Å². The molecule has 4 N–H and O–H groups in total. The Bertz CT molecular complexity index is 1190. The second kappa shape index (κ2) is 10.8. The summed E-state index contributed by atoms with van der Waals surface area (Å²) in [7, 11) is -4.77. The Morgan fingerprint density at radius 2 is 1.94 bits per heavy atom. The molecule has 1 aromatic carbocycles. The molecule has 192 valence electrons. The molecule has 35 heavy (non-hydrogen) atoms. The summed E-state index contributed by atoms with van der Waals surface area (Å²) in [5.41, 5.74) is 3.52. The number of nitrogens with zero attached hydrogens (tertiary/aromatic N) is 4. The highest BCUT2D eigenvalue weighted by atomic mass is 32.1. The number of aromatic nitrogens is 4. The van der Waals surface area contributed by atoms with Gasteiger partial charge in [0.15, 0.2) is 0 Å². The van der Waals surface area contributed by atoms with Crippen LogP contribution in [0.5, 0.6) is 0 Å². The van der Waals surface area contributed by atoms with Gasteiger partial charge in [-0.15, -0.1) is 10.2 Å². The van der Waals surface area contributed by atoms with E-state index in [-0.39, 0.29) is 32.9 Å². The van der Waals surface area contributed by atoms with E-state index in [9.17, 15) is 17.7 Å². The maximum atomic E-state index is 13.9. The van der Waals surface area contributed by atoms with Crippen LogP contribution in [0, 0.1) is 0 Å². The first-order valence-electron chi connectivity index (χ1n) is 10.7. The molecule has 0 spiro atoms. The SMILES string of the molecule is CCCCCCc1nc(-c2ccc(-c3nnc([C@@](C)(N)COP(=O)(O)O)s3)cc2C(F)(F)F)no1. The lowest BCUT2D eigenvalue weighted by Gasteiger charge is -2.21. The number of halogens is 3. The Morgan fingerprint density at radius 1 is 1.20 bits per heavy atom. The fourth-order valence-corrected chi connectivity index (χ4v) is 4.45. The van der Waals surface area contributed by atoms with Crippen LogP contribution in [-0.2, 0) is 27.2 Å². The fourth-order valence-electron chi connectivity index (χ4n) is 3.13. The molecule has 0 aliphatic carbocycles. The van der Waals surface area contributed by atoms with Crippen molar-refractivity contribution in [2.75, 3.05) is 6.61 Å². The number of benzene rings is 1. The number of rotatable bonds is 11. The van der Waals surface area contributed by atoms with E-state index < -0.39 is 31.7 Å². The zero-order valence-electron chi connectivity index (χ0n) is 18.9. The molecular weight excluding hydrogens is 510 g/mol. The van der Waals surface area contributed by atoms with Gasteiger partial charge in [-0.05, 0) is 25.5 Å². The highest BCUT2D eigenvalue weighted by Gasteiger charge is 2.36. The van der Waals surface area contributed by atoms with Crippen molar-refractivity contribution in [1.82, 2.24) is 20.3 Å². The molecule has 15 heteroatoms. The van der Waals surface area contributed by atoms with Gasteiger partial charge in [-0.2, -0.15) is 18.2 Å². The summed E-state index contributed by atoms with van der Waals surface area (Å²) in [5, 5.41) is 11.8. The zero-order valence-corrected chi connectivity index (χ0v) is 20.7. The molecule has 2 aromatic heterocycles. The van der Waals surface area contributed by atoms with Gasteiger partial charge in [0.2, 0.25) is 11.7 Å². The number of hydrogen-bond acceptors (Lipinski definition) is 9. The maximum absolute atomic E-state index is 13.9. The minimum Gasteiger partial charge on any atom is -0.339 e. The van der Waals surface area contributed by atoms with Crippen molar-refractivity contribution < 1.29 is 36.6 Å². The number of aryl methyl sites for hydroxylation is 1. The van der Waals surface area contributed by atoms with Gasteiger partial charge in [0.1, 0.15) is 10.0 Å². The lowest BCUT2D eigenvalue weighted by molar-refractivity contribution is -0.137. The first kappa shape index (κ1) is 27.4. The van der Waals surface area contributed by atoms with Crippen molar-refractivity contribution in [2.45, 2.75) is 57.7 Å². The molecule has 0 saturated carbocycles. The van der Waals surface area contributed by atoms with E-state index in [1.807, 2.05) is 0 Å². The van der Waals surface area contributed by atoms with Gasteiger partial charge >= 0.3 is 14.0 Å². The van der Waals surface area contributed by atoms with Crippen LogP contribution in [0.15, 0.2) is 22.7 Å². The van der Waals surface area contributed by atoms with Gasteiger partial charge in [-0.1, -0.05) is 48.7 Å². The van der Waals surface area contributed by atoms with E-state index >= 15 is 0 Å². The summed E-state index contributed by atoms with van der Waals surface area (Å²) in [6.07, 6.45) is -0.344. The molecule has 0 aliphatic rings. The lowest BCUT2D eigenvalue weighted by Crippen LogP contribution is -2.37.